The summed E-state index contributed by atoms with van der Waals surface area (Å²) < 4.78 is 6.62. The Morgan fingerprint density at radius 3 is 3.10 bits per heavy atom. The van der Waals surface area contributed by atoms with Gasteiger partial charge in [-0.2, -0.15) is 16.9 Å². The number of thioether (sulfide) groups is 1. The Kier molecular flexibility index (Phi) is 5.63. The summed E-state index contributed by atoms with van der Waals surface area (Å²) in [4.78, 5) is 26.1. The van der Waals surface area contributed by atoms with E-state index in [2.05, 4.69) is 10.4 Å². The molecule has 1 aliphatic rings. The fourth-order valence-corrected chi connectivity index (χ4v) is 2.72. The lowest BCUT2D eigenvalue weighted by atomic mass is 10.1. The van der Waals surface area contributed by atoms with Gasteiger partial charge in [0.2, 0.25) is 11.8 Å². The third-order valence-corrected chi connectivity index (χ3v) is 3.86. The second-order valence-corrected chi connectivity index (χ2v) is 5.64. The molecule has 8 heteroatoms. The van der Waals surface area contributed by atoms with E-state index in [1.165, 1.54) is 11.8 Å². The Morgan fingerprint density at radius 2 is 2.38 bits per heavy atom. The third-order valence-electron chi connectivity index (χ3n) is 3.32. The van der Waals surface area contributed by atoms with Crippen LogP contribution in [0.2, 0.25) is 0 Å². The second kappa shape index (κ2) is 7.46. The van der Waals surface area contributed by atoms with Crippen LogP contribution in [0.4, 0.5) is 0 Å². The van der Waals surface area contributed by atoms with Gasteiger partial charge in [-0.3, -0.25) is 14.3 Å². The topological polar surface area (TPSA) is 76.5 Å². The maximum Gasteiger partial charge on any atom is 0.246 e. The molecule has 0 radical (unpaired) electrons. The number of ether oxygens (including phenoxy) is 1. The fourth-order valence-electron chi connectivity index (χ4n) is 2.29. The van der Waals surface area contributed by atoms with Crippen LogP contribution in [0, 0.1) is 0 Å². The van der Waals surface area contributed by atoms with E-state index in [9.17, 15) is 9.59 Å². The SMILES string of the molecule is COCCNC(=O)C1CN(C(=O)CSC)Cc2ccnn21. The van der Waals surface area contributed by atoms with E-state index in [1.807, 2.05) is 12.3 Å². The molecule has 2 heterocycles. The standard InChI is InChI=1S/C13H20N4O3S/c1-20-6-5-14-13(19)11-8-16(12(18)9-21-2)7-10-3-4-15-17(10)11/h3-4,11H,5-9H2,1-2H3,(H,14,19). The quantitative estimate of drug-likeness (QED) is 0.742. The average molecular weight is 312 g/mol. The highest BCUT2D eigenvalue weighted by atomic mass is 32.2. The molecule has 0 saturated carbocycles. The van der Waals surface area contributed by atoms with Gasteiger partial charge in [0.25, 0.3) is 0 Å². The maximum absolute atomic E-state index is 12.3. The summed E-state index contributed by atoms with van der Waals surface area (Å²) in [5, 5.41) is 7.02. The van der Waals surface area contributed by atoms with E-state index in [-0.39, 0.29) is 11.8 Å². The first-order chi connectivity index (χ1) is 10.2. The molecule has 2 rings (SSSR count). The van der Waals surface area contributed by atoms with Crippen LogP contribution in [0.25, 0.3) is 0 Å². The Bertz CT molecular complexity index is 505. The van der Waals surface area contributed by atoms with Crippen molar-refractivity contribution in [2.45, 2.75) is 12.6 Å². The summed E-state index contributed by atoms with van der Waals surface area (Å²) in [6.45, 7) is 1.76. The summed E-state index contributed by atoms with van der Waals surface area (Å²) in [6.07, 6.45) is 3.55. The zero-order valence-electron chi connectivity index (χ0n) is 12.2. The number of fused-ring (bicyclic) bond motifs is 1. The normalized spacial score (nSPS) is 17.4. The molecule has 21 heavy (non-hydrogen) atoms. The minimum absolute atomic E-state index is 0.0460. The molecule has 1 aromatic heterocycles. The van der Waals surface area contributed by atoms with Crippen molar-refractivity contribution >= 4 is 23.6 Å². The van der Waals surface area contributed by atoms with Gasteiger partial charge in [0.1, 0.15) is 6.04 Å². The lowest BCUT2D eigenvalue weighted by molar-refractivity contribution is -0.133. The number of nitrogens with one attached hydrogen (secondary N) is 1. The summed E-state index contributed by atoms with van der Waals surface area (Å²) >= 11 is 1.48. The zero-order valence-corrected chi connectivity index (χ0v) is 13.1. The molecule has 0 aliphatic carbocycles. The number of carbonyl (C=O) groups is 2. The van der Waals surface area contributed by atoms with Crippen molar-refractivity contribution in [2.75, 3.05) is 38.8 Å². The lowest BCUT2D eigenvalue weighted by Crippen LogP contribution is -2.47. The van der Waals surface area contributed by atoms with Crippen LogP contribution in [0.5, 0.6) is 0 Å². The number of methoxy groups -OCH3 is 1. The molecule has 0 spiro atoms. The largest absolute Gasteiger partial charge is 0.383 e. The van der Waals surface area contributed by atoms with Gasteiger partial charge in [0.15, 0.2) is 0 Å². The first-order valence-corrected chi connectivity index (χ1v) is 8.12. The maximum atomic E-state index is 12.3. The molecule has 0 aromatic carbocycles. The number of rotatable bonds is 6. The predicted octanol–water partition coefficient (Wildman–Crippen LogP) is -0.108. The van der Waals surface area contributed by atoms with E-state index in [0.29, 0.717) is 32.0 Å². The zero-order chi connectivity index (χ0) is 15.2. The molecule has 0 fully saturated rings. The minimum atomic E-state index is -0.480. The molecule has 1 unspecified atom stereocenters. The van der Waals surface area contributed by atoms with Crippen LogP contribution in [0.1, 0.15) is 11.7 Å². The van der Waals surface area contributed by atoms with Gasteiger partial charge in [0.05, 0.1) is 31.1 Å². The molecule has 1 aromatic rings. The van der Waals surface area contributed by atoms with Crippen LogP contribution in [-0.4, -0.2) is 65.3 Å². The molecule has 2 amide bonds. The summed E-state index contributed by atoms with van der Waals surface area (Å²) in [6, 6.07) is 1.36. The number of hydrogen-bond donors (Lipinski definition) is 1. The molecule has 1 atom stereocenters. The number of aromatic nitrogens is 2. The smallest absolute Gasteiger partial charge is 0.246 e. The van der Waals surface area contributed by atoms with E-state index >= 15 is 0 Å². The molecule has 1 aliphatic heterocycles. The van der Waals surface area contributed by atoms with Crippen molar-refractivity contribution < 1.29 is 14.3 Å². The van der Waals surface area contributed by atoms with Crippen LogP contribution < -0.4 is 5.32 Å². The lowest BCUT2D eigenvalue weighted by Gasteiger charge is -2.33. The molecular formula is C13H20N4O3S. The summed E-state index contributed by atoms with van der Waals surface area (Å²) in [5.74, 6) is 0.329. The van der Waals surface area contributed by atoms with Crippen molar-refractivity contribution in [1.29, 1.82) is 0 Å². The van der Waals surface area contributed by atoms with Crippen LogP contribution in [0.15, 0.2) is 12.3 Å². The molecule has 116 valence electrons. The Morgan fingerprint density at radius 1 is 1.57 bits per heavy atom. The number of hydrogen-bond acceptors (Lipinski definition) is 5. The monoisotopic (exact) mass is 312 g/mol. The van der Waals surface area contributed by atoms with Crippen LogP contribution in [-0.2, 0) is 20.9 Å². The van der Waals surface area contributed by atoms with E-state index < -0.39 is 6.04 Å². The number of nitrogens with zero attached hydrogens (tertiary/aromatic N) is 3. The van der Waals surface area contributed by atoms with Crippen molar-refractivity contribution in [1.82, 2.24) is 20.0 Å². The van der Waals surface area contributed by atoms with Crippen molar-refractivity contribution in [3.8, 4) is 0 Å². The second-order valence-electron chi connectivity index (χ2n) is 4.77. The summed E-state index contributed by atoms with van der Waals surface area (Å²) in [5.41, 5.74) is 0.877. The highest BCUT2D eigenvalue weighted by Crippen LogP contribution is 2.21. The van der Waals surface area contributed by atoms with Crippen molar-refractivity contribution in [3.05, 3.63) is 18.0 Å². The van der Waals surface area contributed by atoms with Gasteiger partial charge in [-0.25, -0.2) is 0 Å². The van der Waals surface area contributed by atoms with Gasteiger partial charge >= 0.3 is 0 Å². The Hall–Kier alpha value is -1.54. The van der Waals surface area contributed by atoms with Crippen molar-refractivity contribution in [3.63, 3.8) is 0 Å². The van der Waals surface area contributed by atoms with E-state index in [1.54, 1.807) is 22.9 Å². The van der Waals surface area contributed by atoms with Gasteiger partial charge in [0, 0.05) is 19.9 Å². The number of amides is 2. The molecule has 7 nitrogen and oxygen atoms in total. The minimum Gasteiger partial charge on any atom is -0.383 e. The van der Waals surface area contributed by atoms with Gasteiger partial charge in [-0.15, -0.1) is 0 Å². The number of carbonyl (C=O) groups excluding carboxylic acids is 2. The van der Waals surface area contributed by atoms with Crippen molar-refractivity contribution in [2.24, 2.45) is 0 Å². The van der Waals surface area contributed by atoms with Gasteiger partial charge in [-0.05, 0) is 12.3 Å². The molecule has 0 saturated heterocycles. The predicted molar refractivity (Wildman–Crippen MR) is 79.9 cm³/mol. The van der Waals surface area contributed by atoms with Gasteiger partial charge in [-0.1, -0.05) is 0 Å². The Balaban J connectivity index is 2.09. The van der Waals surface area contributed by atoms with Crippen LogP contribution in [0.3, 0.4) is 0 Å². The van der Waals surface area contributed by atoms with E-state index in [0.717, 1.165) is 5.69 Å². The first kappa shape index (κ1) is 15.8. The fraction of sp³-hybridized carbons (Fsp3) is 0.615. The molecule has 0 bridgehead atoms. The van der Waals surface area contributed by atoms with Crippen LogP contribution >= 0.6 is 11.8 Å². The highest BCUT2D eigenvalue weighted by Gasteiger charge is 2.32. The summed E-state index contributed by atoms with van der Waals surface area (Å²) in [7, 11) is 1.58. The average Bonchev–Trinajstić information content (AvgIpc) is 2.94. The molecule has 1 N–H and O–H groups in total. The molecular weight excluding hydrogens is 292 g/mol. The highest BCUT2D eigenvalue weighted by molar-refractivity contribution is 7.99. The van der Waals surface area contributed by atoms with E-state index in [4.69, 9.17) is 4.74 Å². The third kappa shape index (κ3) is 3.76. The Labute approximate surface area is 128 Å². The first-order valence-electron chi connectivity index (χ1n) is 6.73. The van der Waals surface area contributed by atoms with Gasteiger partial charge < -0.3 is 15.0 Å².